The quantitative estimate of drug-likeness (QED) is 0.402. The number of hydrogen-bond acceptors (Lipinski definition) is 5. The van der Waals surface area contributed by atoms with Crippen molar-refractivity contribution < 1.29 is 14.3 Å². The average molecular weight is 520 g/mol. The molecule has 3 aromatic rings. The minimum Gasteiger partial charge on any atom is -0.495 e. The van der Waals surface area contributed by atoms with Crippen molar-refractivity contribution in [2.45, 2.75) is 33.2 Å². The lowest BCUT2D eigenvalue weighted by molar-refractivity contribution is -0.121. The normalized spacial score (nSPS) is 13.5. The van der Waals surface area contributed by atoms with Gasteiger partial charge >= 0.3 is 5.69 Å². The summed E-state index contributed by atoms with van der Waals surface area (Å²) >= 11 is 0. The summed E-state index contributed by atoms with van der Waals surface area (Å²) in [6.07, 6.45) is 0.963. The lowest BCUT2D eigenvalue weighted by atomic mass is 10.1. The van der Waals surface area contributed by atoms with Crippen molar-refractivity contribution in [2.75, 3.05) is 39.8 Å². The van der Waals surface area contributed by atoms with Crippen LogP contribution in [-0.2, 0) is 11.3 Å². The van der Waals surface area contributed by atoms with Gasteiger partial charge in [0, 0.05) is 51.3 Å². The largest absolute Gasteiger partial charge is 0.495 e. The van der Waals surface area contributed by atoms with Gasteiger partial charge < -0.3 is 20.3 Å². The highest BCUT2D eigenvalue weighted by Gasteiger charge is 2.31. The van der Waals surface area contributed by atoms with E-state index in [0.717, 1.165) is 5.56 Å². The van der Waals surface area contributed by atoms with Gasteiger partial charge in [0.15, 0.2) is 0 Å². The van der Waals surface area contributed by atoms with Crippen LogP contribution >= 0.6 is 0 Å². The molecular formula is C29H37N5O4. The molecule has 202 valence electrons. The Bertz CT molecular complexity index is 1310. The maximum atomic E-state index is 14.1. The Morgan fingerprint density at radius 2 is 1.71 bits per heavy atom. The molecule has 2 heterocycles. The molecule has 0 radical (unpaired) electrons. The van der Waals surface area contributed by atoms with Crippen molar-refractivity contribution in [3.05, 3.63) is 70.8 Å². The van der Waals surface area contributed by atoms with E-state index in [1.54, 1.807) is 27.2 Å². The zero-order chi connectivity index (χ0) is 27.1. The van der Waals surface area contributed by atoms with Crippen LogP contribution in [0.3, 0.4) is 0 Å². The molecule has 0 spiro atoms. The summed E-state index contributed by atoms with van der Waals surface area (Å²) in [5.41, 5.74) is 1.89. The van der Waals surface area contributed by atoms with Gasteiger partial charge in [0.05, 0.1) is 18.5 Å². The molecule has 9 heteroatoms. The molecule has 2 aromatic carbocycles. The molecule has 0 saturated carbocycles. The van der Waals surface area contributed by atoms with Crippen molar-refractivity contribution >= 4 is 11.8 Å². The molecule has 2 amide bonds. The fraction of sp³-hybridized carbons (Fsp3) is 0.414. The van der Waals surface area contributed by atoms with E-state index in [9.17, 15) is 14.4 Å². The summed E-state index contributed by atoms with van der Waals surface area (Å²) < 4.78 is 8.76. The second-order valence-electron chi connectivity index (χ2n) is 9.85. The molecule has 2 N–H and O–H groups in total. The Balaban J connectivity index is 1.83. The van der Waals surface area contributed by atoms with Gasteiger partial charge in [-0.25, -0.2) is 4.79 Å². The Hall–Kier alpha value is -3.85. The lowest BCUT2D eigenvalue weighted by Gasteiger charge is -2.28. The topological polar surface area (TPSA) is 97.6 Å². The predicted octanol–water partition coefficient (Wildman–Crippen LogP) is 2.91. The van der Waals surface area contributed by atoms with E-state index in [4.69, 9.17) is 4.74 Å². The number of methoxy groups -OCH3 is 1. The highest BCUT2D eigenvalue weighted by Crippen LogP contribution is 2.31. The number of benzene rings is 2. The zero-order valence-corrected chi connectivity index (χ0v) is 22.4. The number of carbonyl (C=O) groups excluding carboxylic acids is 2. The number of piperazine rings is 1. The molecular weight excluding hydrogens is 482 g/mol. The maximum Gasteiger partial charge on any atom is 0.334 e. The SMILES string of the molecule is COc1ccccc1-n1c(-c2ccccc2)c(C(=O)N2CCNCC2)n(CCCNC(=O)CC(C)C)c1=O. The van der Waals surface area contributed by atoms with E-state index in [2.05, 4.69) is 10.6 Å². The van der Waals surface area contributed by atoms with Crippen LogP contribution in [-0.4, -0.2) is 65.7 Å². The molecule has 1 fully saturated rings. The third-order valence-corrected chi connectivity index (χ3v) is 6.59. The van der Waals surface area contributed by atoms with Crippen molar-refractivity contribution in [1.29, 1.82) is 0 Å². The number of hydrogen-bond donors (Lipinski definition) is 2. The lowest BCUT2D eigenvalue weighted by Crippen LogP contribution is -2.47. The Morgan fingerprint density at radius 1 is 1.03 bits per heavy atom. The zero-order valence-electron chi connectivity index (χ0n) is 22.4. The molecule has 0 aliphatic carbocycles. The van der Waals surface area contributed by atoms with Crippen LogP contribution in [0.25, 0.3) is 16.9 Å². The number of nitrogens with zero attached hydrogens (tertiary/aromatic N) is 3. The molecule has 0 unspecified atom stereocenters. The van der Waals surface area contributed by atoms with Gasteiger partial charge in [-0.2, -0.15) is 0 Å². The summed E-state index contributed by atoms with van der Waals surface area (Å²) in [6, 6.07) is 16.8. The second kappa shape index (κ2) is 12.6. The number of ether oxygens (including phenoxy) is 1. The van der Waals surface area contributed by atoms with Gasteiger partial charge in [0.2, 0.25) is 5.91 Å². The van der Waals surface area contributed by atoms with Crippen molar-refractivity contribution in [2.24, 2.45) is 5.92 Å². The standard InChI is InChI=1S/C29H37N5O4/c1-21(2)20-25(35)31-14-9-17-33-27(28(36)32-18-15-30-16-19-32)26(22-10-5-4-6-11-22)34(29(33)37)23-12-7-8-13-24(23)38-3/h4-8,10-13,21,30H,9,14-20H2,1-3H3,(H,31,35). The van der Waals surface area contributed by atoms with Gasteiger partial charge in [-0.1, -0.05) is 56.3 Å². The van der Waals surface area contributed by atoms with Gasteiger partial charge in [0.25, 0.3) is 5.91 Å². The first kappa shape index (κ1) is 27.2. The van der Waals surface area contributed by atoms with Gasteiger partial charge in [-0.05, 0) is 24.5 Å². The van der Waals surface area contributed by atoms with E-state index >= 15 is 0 Å². The van der Waals surface area contributed by atoms with Crippen LogP contribution in [0, 0.1) is 5.92 Å². The van der Waals surface area contributed by atoms with Crippen molar-refractivity contribution in [1.82, 2.24) is 24.7 Å². The van der Waals surface area contributed by atoms with E-state index in [0.29, 0.717) is 68.4 Å². The molecule has 0 atom stereocenters. The predicted molar refractivity (Wildman–Crippen MR) is 148 cm³/mol. The average Bonchev–Trinajstić information content (AvgIpc) is 3.22. The first-order valence-corrected chi connectivity index (χ1v) is 13.2. The van der Waals surface area contributed by atoms with E-state index < -0.39 is 0 Å². The highest BCUT2D eigenvalue weighted by molar-refractivity contribution is 5.99. The molecule has 1 aromatic heterocycles. The monoisotopic (exact) mass is 519 g/mol. The highest BCUT2D eigenvalue weighted by atomic mass is 16.5. The molecule has 1 aliphatic heterocycles. The number of carbonyl (C=O) groups is 2. The summed E-state index contributed by atoms with van der Waals surface area (Å²) in [6.45, 7) is 7.23. The summed E-state index contributed by atoms with van der Waals surface area (Å²) in [7, 11) is 1.57. The number of para-hydroxylation sites is 2. The van der Waals surface area contributed by atoms with Crippen LogP contribution in [0.1, 0.15) is 37.2 Å². The van der Waals surface area contributed by atoms with E-state index in [-0.39, 0.29) is 30.0 Å². The molecule has 4 rings (SSSR count). The molecule has 0 bridgehead atoms. The van der Waals surface area contributed by atoms with Crippen LogP contribution in [0.5, 0.6) is 5.75 Å². The first-order valence-electron chi connectivity index (χ1n) is 13.2. The minimum atomic E-state index is -0.319. The summed E-state index contributed by atoms with van der Waals surface area (Å²) in [4.78, 5) is 42.1. The fourth-order valence-corrected chi connectivity index (χ4v) is 4.80. The van der Waals surface area contributed by atoms with Gasteiger partial charge in [0.1, 0.15) is 11.4 Å². The van der Waals surface area contributed by atoms with Crippen LogP contribution in [0.4, 0.5) is 0 Å². The number of amides is 2. The van der Waals surface area contributed by atoms with E-state index in [1.165, 1.54) is 0 Å². The molecule has 38 heavy (non-hydrogen) atoms. The Kier molecular flexibility index (Phi) is 9.02. The first-order chi connectivity index (χ1) is 18.4. The number of rotatable bonds is 10. The summed E-state index contributed by atoms with van der Waals surface area (Å²) in [5, 5.41) is 6.22. The molecule has 1 saturated heterocycles. The second-order valence-corrected chi connectivity index (χ2v) is 9.85. The number of aromatic nitrogens is 2. The van der Waals surface area contributed by atoms with Crippen molar-refractivity contribution in [3.8, 4) is 22.7 Å². The third-order valence-electron chi connectivity index (χ3n) is 6.59. The fourth-order valence-electron chi connectivity index (χ4n) is 4.80. The smallest absolute Gasteiger partial charge is 0.334 e. The number of nitrogens with one attached hydrogen (secondary N) is 2. The summed E-state index contributed by atoms with van der Waals surface area (Å²) in [5.74, 6) is 0.608. The van der Waals surface area contributed by atoms with Crippen molar-refractivity contribution in [3.63, 3.8) is 0 Å². The maximum absolute atomic E-state index is 14.1. The number of imidazole rings is 1. The Labute approximate surface area is 223 Å². The van der Waals surface area contributed by atoms with Crippen LogP contribution < -0.4 is 21.1 Å². The van der Waals surface area contributed by atoms with Gasteiger partial charge in [-0.3, -0.25) is 18.7 Å². The van der Waals surface area contributed by atoms with Gasteiger partial charge in [-0.15, -0.1) is 0 Å². The van der Waals surface area contributed by atoms with E-state index in [1.807, 2.05) is 62.4 Å². The molecule has 1 aliphatic rings. The van der Waals surface area contributed by atoms with Crippen LogP contribution in [0.2, 0.25) is 0 Å². The Morgan fingerprint density at radius 3 is 2.39 bits per heavy atom. The molecule has 9 nitrogen and oxygen atoms in total. The van der Waals surface area contributed by atoms with Crippen LogP contribution in [0.15, 0.2) is 59.4 Å². The third kappa shape index (κ3) is 5.99. The minimum absolute atomic E-state index is 0.0129.